The molecule has 1 heterocycles. The van der Waals surface area contributed by atoms with E-state index in [9.17, 15) is 4.79 Å². The first kappa shape index (κ1) is 19.0. The van der Waals surface area contributed by atoms with Crippen molar-refractivity contribution in [3.05, 3.63) is 47.7 Å². The van der Waals surface area contributed by atoms with Crippen LogP contribution in [0.4, 0.5) is 5.95 Å². The summed E-state index contributed by atoms with van der Waals surface area (Å²) in [5.74, 6) is 2.10. The summed E-state index contributed by atoms with van der Waals surface area (Å²) in [7, 11) is 3.16. The number of benzene rings is 2. The first-order valence-electron chi connectivity index (χ1n) is 8.51. The molecule has 27 heavy (non-hydrogen) atoms. The zero-order valence-electron chi connectivity index (χ0n) is 15.7. The number of carbonyl (C=O) groups is 1. The van der Waals surface area contributed by atoms with Gasteiger partial charge in [0.1, 0.15) is 0 Å². The van der Waals surface area contributed by atoms with Gasteiger partial charge in [0.25, 0.3) is 5.91 Å². The van der Waals surface area contributed by atoms with E-state index in [1.807, 2.05) is 31.2 Å². The normalized spacial score (nSPS) is 10.7. The monoisotopic (exact) mass is 383 g/mol. The number of carbonyl (C=O) groups excluding carboxylic acids is 1. The Morgan fingerprint density at radius 2 is 1.81 bits per heavy atom. The molecule has 7 heteroatoms. The average Bonchev–Trinajstić information content (AvgIpc) is 2.67. The highest BCUT2D eigenvalue weighted by atomic mass is 32.2. The lowest BCUT2D eigenvalue weighted by molar-refractivity contribution is 0.102. The van der Waals surface area contributed by atoms with Gasteiger partial charge in [-0.15, -0.1) is 11.8 Å². The lowest BCUT2D eigenvalue weighted by Crippen LogP contribution is -2.15. The summed E-state index contributed by atoms with van der Waals surface area (Å²) in [4.78, 5) is 22.6. The Morgan fingerprint density at radius 3 is 2.52 bits per heavy atom. The summed E-state index contributed by atoms with van der Waals surface area (Å²) in [5, 5.41) is 3.65. The van der Waals surface area contributed by atoms with Gasteiger partial charge in [0.15, 0.2) is 11.5 Å². The van der Waals surface area contributed by atoms with Crippen molar-refractivity contribution in [2.45, 2.75) is 18.7 Å². The van der Waals surface area contributed by atoms with E-state index < -0.39 is 0 Å². The van der Waals surface area contributed by atoms with Crippen molar-refractivity contribution in [2.24, 2.45) is 0 Å². The SMILES string of the molecule is CCSc1ccccc1C(=O)Nc1nc(C)c2cc(OC)c(OC)cc2n1. The fourth-order valence-electron chi connectivity index (χ4n) is 2.77. The molecule has 0 radical (unpaired) electrons. The van der Waals surface area contributed by atoms with Crippen LogP contribution in [0, 0.1) is 6.92 Å². The van der Waals surface area contributed by atoms with Gasteiger partial charge < -0.3 is 9.47 Å². The Morgan fingerprint density at radius 1 is 1.11 bits per heavy atom. The summed E-state index contributed by atoms with van der Waals surface area (Å²) in [6, 6.07) is 11.1. The van der Waals surface area contributed by atoms with E-state index >= 15 is 0 Å². The number of nitrogens with zero attached hydrogens (tertiary/aromatic N) is 2. The van der Waals surface area contributed by atoms with Crippen LogP contribution in [0.2, 0.25) is 0 Å². The van der Waals surface area contributed by atoms with Crippen LogP contribution in [-0.2, 0) is 0 Å². The average molecular weight is 383 g/mol. The molecule has 0 saturated carbocycles. The highest BCUT2D eigenvalue weighted by molar-refractivity contribution is 7.99. The lowest BCUT2D eigenvalue weighted by Gasteiger charge is -2.12. The Balaban J connectivity index is 1.97. The predicted octanol–water partition coefficient (Wildman–Crippen LogP) is 4.32. The lowest BCUT2D eigenvalue weighted by atomic mass is 10.1. The number of hydrogen-bond acceptors (Lipinski definition) is 6. The molecule has 0 aliphatic carbocycles. The van der Waals surface area contributed by atoms with Crippen molar-refractivity contribution in [3.63, 3.8) is 0 Å². The van der Waals surface area contributed by atoms with Crippen LogP contribution < -0.4 is 14.8 Å². The maximum atomic E-state index is 12.7. The number of thioether (sulfide) groups is 1. The molecule has 1 N–H and O–H groups in total. The Kier molecular flexibility index (Phi) is 5.81. The molecule has 0 aliphatic rings. The third-order valence-corrected chi connectivity index (χ3v) is 5.00. The highest BCUT2D eigenvalue weighted by Gasteiger charge is 2.15. The van der Waals surface area contributed by atoms with E-state index in [0.29, 0.717) is 22.6 Å². The van der Waals surface area contributed by atoms with Gasteiger partial charge in [0.05, 0.1) is 31.0 Å². The number of ether oxygens (including phenoxy) is 2. The number of rotatable bonds is 6. The number of fused-ring (bicyclic) bond motifs is 1. The fourth-order valence-corrected chi connectivity index (χ4v) is 3.57. The van der Waals surface area contributed by atoms with Crippen molar-refractivity contribution in [3.8, 4) is 11.5 Å². The molecule has 0 spiro atoms. The molecule has 0 aliphatic heterocycles. The standard InChI is InChI=1S/C20H21N3O3S/c1-5-27-18-9-7-6-8-13(18)19(24)23-20-21-12(2)14-10-16(25-3)17(26-4)11-15(14)22-20/h6-11H,5H2,1-4H3,(H,21,22,23,24). The Labute approximate surface area is 162 Å². The van der Waals surface area contributed by atoms with E-state index in [1.54, 1.807) is 38.1 Å². The molecule has 1 amide bonds. The van der Waals surface area contributed by atoms with Gasteiger partial charge in [-0.1, -0.05) is 19.1 Å². The Hall–Kier alpha value is -2.80. The minimum atomic E-state index is -0.231. The Bertz CT molecular complexity index is 992. The van der Waals surface area contributed by atoms with Crippen molar-refractivity contribution in [1.82, 2.24) is 9.97 Å². The third-order valence-electron chi connectivity index (χ3n) is 4.05. The first-order chi connectivity index (χ1) is 13.1. The molecular weight excluding hydrogens is 362 g/mol. The van der Waals surface area contributed by atoms with Gasteiger partial charge in [-0.3, -0.25) is 10.1 Å². The zero-order chi connectivity index (χ0) is 19.4. The van der Waals surface area contributed by atoms with E-state index in [1.165, 1.54) is 0 Å². The maximum Gasteiger partial charge on any atom is 0.259 e. The van der Waals surface area contributed by atoms with Crippen LogP contribution in [0.25, 0.3) is 10.9 Å². The number of aryl methyl sites for hydroxylation is 1. The first-order valence-corrected chi connectivity index (χ1v) is 9.49. The second-order valence-corrected chi connectivity index (χ2v) is 7.05. The maximum absolute atomic E-state index is 12.7. The second-order valence-electron chi connectivity index (χ2n) is 5.74. The fraction of sp³-hybridized carbons (Fsp3) is 0.250. The molecule has 3 aromatic rings. The second kappa shape index (κ2) is 8.26. The number of amides is 1. The van der Waals surface area contributed by atoms with Crippen LogP contribution in [0.15, 0.2) is 41.3 Å². The molecule has 0 fully saturated rings. The highest BCUT2D eigenvalue weighted by Crippen LogP contribution is 2.33. The van der Waals surface area contributed by atoms with Crippen molar-refractivity contribution in [1.29, 1.82) is 0 Å². The molecule has 0 atom stereocenters. The van der Waals surface area contributed by atoms with Gasteiger partial charge >= 0.3 is 0 Å². The van der Waals surface area contributed by atoms with E-state index in [-0.39, 0.29) is 11.9 Å². The van der Waals surface area contributed by atoms with Gasteiger partial charge in [0.2, 0.25) is 5.95 Å². The largest absolute Gasteiger partial charge is 0.493 e. The molecule has 3 rings (SSSR count). The molecule has 2 aromatic carbocycles. The third kappa shape index (κ3) is 3.98. The smallest absolute Gasteiger partial charge is 0.259 e. The van der Waals surface area contributed by atoms with Crippen LogP contribution >= 0.6 is 11.8 Å². The van der Waals surface area contributed by atoms with E-state index in [4.69, 9.17) is 9.47 Å². The minimum Gasteiger partial charge on any atom is -0.493 e. The molecule has 6 nitrogen and oxygen atoms in total. The number of anilines is 1. The summed E-state index contributed by atoms with van der Waals surface area (Å²) < 4.78 is 10.7. The quantitative estimate of drug-likeness (QED) is 0.639. The van der Waals surface area contributed by atoms with Crippen LogP contribution in [0.3, 0.4) is 0 Å². The van der Waals surface area contributed by atoms with Crippen LogP contribution in [0.5, 0.6) is 11.5 Å². The predicted molar refractivity (Wildman–Crippen MR) is 108 cm³/mol. The van der Waals surface area contributed by atoms with Gasteiger partial charge in [-0.2, -0.15) is 0 Å². The van der Waals surface area contributed by atoms with E-state index in [2.05, 4.69) is 22.2 Å². The number of hydrogen-bond donors (Lipinski definition) is 1. The molecular formula is C20H21N3O3S. The summed E-state index contributed by atoms with van der Waals surface area (Å²) in [5.41, 5.74) is 2.03. The summed E-state index contributed by atoms with van der Waals surface area (Å²) in [6.45, 7) is 3.92. The molecule has 1 aromatic heterocycles. The number of nitrogens with one attached hydrogen (secondary N) is 1. The number of aromatic nitrogens is 2. The molecule has 140 valence electrons. The van der Waals surface area contributed by atoms with Gasteiger partial charge in [-0.25, -0.2) is 9.97 Å². The van der Waals surface area contributed by atoms with Crippen LogP contribution in [0.1, 0.15) is 23.0 Å². The van der Waals surface area contributed by atoms with Crippen molar-refractivity contribution < 1.29 is 14.3 Å². The zero-order valence-corrected chi connectivity index (χ0v) is 16.5. The van der Waals surface area contributed by atoms with Crippen LogP contribution in [-0.4, -0.2) is 35.8 Å². The molecule has 0 unspecified atom stereocenters. The van der Waals surface area contributed by atoms with Gasteiger partial charge in [0, 0.05) is 16.3 Å². The topological polar surface area (TPSA) is 73.3 Å². The number of methoxy groups -OCH3 is 2. The summed E-state index contributed by atoms with van der Waals surface area (Å²) >= 11 is 1.62. The van der Waals surface area contributed by atoms with E-state index in [0.717, 1.165) is 21.7 Å². The minimum absolute atomic E-state index is 0.231. The molecule has 0 bridgehead atoms. The molecule has 0 saturated heterocycles. The summed E-state index contributed by atoms with van der Waals surface area (Å²) in [6.07, 6.45) is 0. The van der Waals surface area contributed by atoms with Crippen molar-refractivity contribution in [2.75, 3.05) is 25.3 Å². The van der Waals surface area contributed by atoms with Gasteiger partial charge in [-0.05, 0) is 30.9 Å². The van der Waals surface area contributed by atoms with Crippen molar-refractivity contribution >= 4 is 34.5 Å².